The lowest BCUT2D eigenvalue weighted by Crippen LogP contribution is -2.06. The molecule has 2 nitrogen and oxygen atoms in total. The van der Waals surface area contributed by atoms with E-state index >= 15 is 0 Å². The maximum Gasteiger partial charge on any atom is 0.0579 e. The van der Waals surface area contributed by atoms with Gasteiger partial charge in [0.25, 0.3) is 0 Å². The number of nitrogen functional groups attached to an aromatic ring is 1. The lowest BCUT2D eigenvalue weighted by atomic mass is 10.00. The van der Waals surface area contributed by atoms with Gasteiger partial charge in [-0.2, -0.15) is 0 Å². The van der Waals surface area contributed by atoms with Crippen LogP contribution in [0.1, 0.15) is 27.8 Å². The number of nitrogens with one attached hydrogen (secondary N) is 1. The lowest BCUT2D eigenvalue weighted by Gasteiger charge is -2.15. The van der Waals surface area contributed by atoms with E-state index in [0.29, 0.717) is 0 Å². The van der Waals surface area contributed by atoms with E-state index < -0.39 is 0 Å². The number of nitrogens with two attached hydrogens (primary N) is 1. The first-order chi connectivity index (χ1) is 8.97. The Morgan fingerprint density at radius 3 is 2.16 bits per heavy atom. The van der Waals surface area contributed by atoms with Crippen molar-refractivity contribution >= 4 is 11.4 Å². The molecule has 3 N–H and O–H groups in total. The van der Waals surface area contributed by atoms with Crippen molar-refractivity contribution in [2.45, 2.75) is 34.2 Å². The van der Waals surface area contributed by atoms with Crippen LogP contribution in [0.3, 0.4) is 0 Å². The predicted octanol–water partition coefficient (Wildman–Crippen LogP) is 4.11. The summed E-state index contributed by atoms with van der Waals surface area (Å²) in [4.78, 5) is 0. The summed E-state index contributed by atoms with van der Waals surface area (Å²) in [6, 6.07) is 10.5. The van der Waals surface area contributed by atoms with Gasteiger partial charge in [-0.05, 0) is 62.1 Å². The molecule has 2 aromatic rings. The van der Waals surface area contributed by atoms with Gasteiger partial charge >= 0.3 is 0 Å². The Balaban J connectivity index is 2.21. The molecule has 0 spiro atoms. The number of hydrogen-bond donors (Lipinski definition) is 2. The fraction of sp³-hybridized carbons (Fsp3) is 0.294. The molecule has 100 valence electrons. The van der Waals surface area contributed by atoms with Crippen LogP contribution in [-0.4, -0.2) is 0 Å². The largest absolute Gasteiger partial charge is 0.397 e. The van der Waals surface area contributed by atoms with Gasteiger partial charge in [-0.1, -0.05) is 23.8 Å². The van der Waals surface area contributed by atoms with Gasteiger partial charge in [-0.15, -0.1) is 0 Å². The SMILES string of the molecule is Cc1cc(C)c(CNc2cc(C)ccc2N)c(C)c1. The van der Waals surface area contributed by atoms with Crippen LogP contribution in [0.4, 0.5) is 11.4 Å². The van der Waals surface area contributed by atoms with Crippen LogP contribution < -0.4 is 11.1 Å². The van der Waals surface area contributed by atoms with Crippen molar-refractivity contribution < 1.29 is 0 Å². The molecule has 0 aliphatic carbocycles. The number of hydrogen-bond acceptors (Lipinski definition) is 2. The molecule has 19 heavy (non-hydrogen) atoms. The Morgan fingerprint density at radius 1 is 0.895 bits per heavy atom. The standard InChI is InChI=1S/C17H22N2/c1-11-5-6-16(18)17(9-11)19-10-15-13(3)7-12(2)8-14(15)4/h5-9,19H,10,18H2,1-4H3. The van der Waals surface area contributed by atoms with Gasteiger partial charge in [0.05, 0.1) is 11.4 Å². The second-order valence-electron chi connectivity index (χ2n) is 5.32. The third-order valence-electron chi connectivity index (χ3n) is 3.50. The predicted molar refractivity (Wildman–Crippen MR) is 83.6 cm³/mol. The Labute approximate surface area is 115 Å². The molecule has 0 radical (unpaired) electrons. The van der Waals surface area contributed by atoms with Crippen molar-refractivity contribution in [1.82, 2.24) is 0 Å². The minimum absolute atomic E-state index is 0.799. The van der Waals surface area contributed by atoms with Crippen LogP contribution in [-0.2, 0) is 6.54 Å². The molecule has 0 heterocycles. The Hall–Kier alpha value is -1.96. The van der Waals surface area contributed by atoms with Gasteiger partial charge < -0.3 is 11.1 Å². The van der Waals surface area contributed by atoms with E-state index in [4.69, 9.17) is 5.73 Å². The van der Waals surface area contributed by atoms with Crippen molar-refractivity contribution in [2.24, 2.45) is 0 Å². The smallest absolute Gasteiger partial charge is 0.0579 e. The second-order valence-corrected chi connectivity index (χ2v) is 5.32. The summed E-state index contributed by atoms with van der Waals surface area (Å²) in [6.45, 7) is 9.35. The van der Waals surface area contributed by atoms with Crippen LogP contribution >= 0.6 is 0 Å². The van der Waals surface area contributed by atoms with Gasteiger partial charge in [0.2, 0.25) is 0 Å². The maximum atomic E-state index is 5.99. The molecular weight excluding hydrogens is 232 g/mol. The van der Waals surface area contributed by atoms with Gasteiger partial charge in [-0.25, -0.2) is 0 Å². The van der Waals surface area contributed by atoms with Crippen molar-refractivity contribution in [1.29, 1.82) is 0 Å². The second kappa shape index (κ2) is 5.35. The van der Waals surface area contributed by atoms with Gasteiger partial charge in [0, 0.05) is 6.54 Å². The molecule has 0 atom stereocenters. The van der Waals surface area contributed by atoms with E-state index in [1.807, 2.05) is 12.1 Å². The first kappa shape index (κ1) is 13.5. The summed E-state index contributed by atoms with van der Waals surface area (Å²) in [7, 11) is 0. The quantitative estimate of drug-likeness (QED) is 0.809. The highest BCUT2D eigenvalue weighted by molar-refractivity contribution is 5.67. The minimum Gasteiger partial charge on any atom is -0.397 e. The molecule has 0 aromatic heterocycles. The molecule has 2 rings (SSSR count). The summed E-state index contributed by atoms with van der Waals surface area (Å²) >= 11 is 0. The average Bonchev–Trinajstić information content (AvgIpc) is 2.32. The van der Waals surface area contributed by atoms with Crippen molar-refractivity contribution in [3.05, 3.63) is 58.1 Å². The van der Waals surface area contributed by atoms with E-state index in [1.54, 1.807) is 0 Å². The highest BCUT2D eigenvalue weighted by Gasteiger charge is 2.05. The van der Waals surface area contributed by atoms with E-state index in [9.17, 15) is 0 Å². The minimum atomic E-state index is 0.799. The molecule has 2 heteroatoms. The topological polar surface area (TPSA) is 38.0 Å². The Morgan fingerprint density at radius 2 is 1.53 bits per heavy atom. The molecule has 0 unspecified atom stereocenters. The highest BCUT2D eigenvalue weighted by Crippen LogP contribution is 2.22. The molecule has 0 aliphatic heterocycles. The third-order valence-corrected chi connectivity index (χ3v) is 3.50. The fourth-order valence-corrected chi connectivity index (χ4v) is 2.50. The maximum absolute atomic E-state index is 5.99. The average molecular weight is 254 g/mol. The van der Waals surface area contributed by atoms with E-state index in [1.165, 1.54) is 27.8 Å². The zero-order valence-corrected chi connectivity index (χ0v) is 12.2. The van der Waals surface area contributed by atoms with E-state index in [-0.39, 0.29) is 0 Å². The summed E-state index contributed by atoms with van der Waals surface area (Å²) in [5.74, 6) is 0. The Kier molecular flexibility index (Phi) is 3.79. The third kappa shape index (κ3) is 3.08. The lowest BCUT2D eigenvalue weighted by molar-refractivity contribution is 1.08. The number of benzene rings is 2. The Bertz CT molecular complexity index is 577. The summed E-state index contributed by atoms with van der Waals surface area (Å²) in [6.07, 6.45) is 0. The van der Waals surface area contributed by atoms with Gasteiger partial charge in [0.15, 0.2) is 0 Å². The van der Waals surface area contributed by atoms with Crippen LogP contribution in [0.2, 0.25) is 0 Å². The molecule has 0 saturated carbocycles. The van der Waals surface area contributed by atoms with Crippen LogP contribution in [0.15, 0.2) is 30.3 Å². The number of rotatable bonds is 3. The molecular formula is C17H22N2. The first-order valence-electron chi connectivity index (χ1n) is 6.64. The van der Waals surface area contributed by atoms with Crippen LogP contribution in [0.5, 0.6) is 0 Å². The normalized spacial score (nSPS) is 10.5. The van der Waals surface area contributed by atoms with Crippen molar-refractivity contribution in [3.8, 4) is 0 Å². The summed E-state index contributed by atoms with van der Waals surface area (Å²) in [5.41, 5.74) is 14.3. The monoisotopic (exact) mass is 254 g/mol. The van der Waals surface area contributed by atoms with E-state index in [0.717, 1.165) is 17.9 Å². The first-order valence-corrected chi connectivity index (χ1v) is 6.64. The van der Waals surface area contributed by atoms with Crippen molar-refractivity contribution in [3.63, 3.8) is 0 Å². The van der Waals surface area contributed by atoms with Crippen molar-refractivity contribution in [2.75, 3.05) is 11.1 Å². The molecule has 0 aliphatic rings. The van der Waals surface area contributed by atoms with Crippen LogP contribution in [0.25, 0.3) is 0 Å². The zero-order chi connectivity index (χ0) is 14.0. The van der Waals surface area contributed by atoms with Crippen LogP contribution in [0, 0.1) is 27.7 Å². The van der Waals surface area contributed by atoms with Gasteiger partial charge in [-0.3, -0.25) is 0 Å². The molecule has 0 saturated heterocycles. The molecule has 0 fully saturated rings. The summed E-state index contributed by atoms with van der Waals surface area (Å²) in [5, 5.41) is 3.45. The molecule has 0 bridgehead atoms. The van der Waals surface area contributed by atoms with Gasteiger partial charge in [0.1, 0.15) is 0 Å². The number of aryl methyl sites for hydroxylation is 4. The van der Waals surface area contributed by atoms with E-state index in [2.05, 4.69) is 51.2 Å². The zero-order valence-electron chi connectivity index (χ0n) is 12.2. The fourth-order valence-electron chi connectivity index (χ4n) is 2.50. The molecule has 0 amide bonds. The summed E-state index contributed by atoms with van der Waals surface area (Å²) < 4.78 is 0. The number of anilines is 2. The molecule has 2 aromatic carbocycles. The highest BCUT2D eigenvalue weighted by atomic mass is 14.9.